The maximum atomic E-state index is 12.7. The lowest BCUT2D eigenvalue weighted by molar-refractivity contribution is -0.132. The maximum Gasteiger partial charge on any atom is 0.252 e. The van der Waals surface area contributed by atoms with E-state index in [-0.39, 0.29) is 24.8 Å². The van der Waals surface area contributed by atoms with E-state index >= 15 is 0 Å². The van der Waals surface area contributed by atoms with Crippen LogP contribution in [0.2, 0.25) is 5.02 Å². The molecule has 1 aliphatic heterocycles. The minimum Gasteiger partial charge on any atom is -0.340 e. The van der Waals surface area contributed by atoms with Gasteiger partial charge < -0.3 is 10.2 Å². The summed E-state index contributed by atoms with van der Waals surface area (Å²) in [4.78, 5) is 37.6. The van der Waals surface area contributed by atoms with Crippen molar-refractivity contribution in [3.8, 4) is 0 Å². The van der Waals surface area contributed by atoms with Crippen LogP contribution in [0.1, 0.15) is 17.2 Å². The van der Waals surface area contributed by atoms with E-state index in [0.29, 0.717) is 48.5 Å². The number of halogens is 1. The van der Waals surface area contributed by atoms with Gasteiger partial charge in [-0.2, -0.15) is 4.98 Å². The normalized spacial score (nSPS) is 14.7. The van der Waals surface area contributed by atoms with Crippen LogP contribution in [-0.2, 0) is 16.0 Å². The van der Waals surface area contributed by atoms with Gasteiger partial charge in [0.2, 0.25) is 11.8 Å². The van der Waals surface area contributed by atoms with Gasteiger partial charge >= 0.3 is 0 Å². The largest absolute Gasteiger partial charge is 0.340 e. The Bertz CT molecular complexity index is 1120. The van der Waals surface area contributed by atoms with Crippen LogP contribution in [0.5, 0.6) is 0 Å². The van der Waals surface area contributed by atoms with Gasteiger partial charge in [0.15, 0.2) is 5.82 Å². The number of amides is 2. The van der Waals surface area contributed by atoms with Crippen LogP contribution >= 0.6 is 11.6 Å². The van der Waals surface area contributed by atoms with E-state index in [0.717, 1.165) is 11.4 Å². The van der Waals surface area contributed by atoms with Gasteiger partial charge in [0.25, 0.3) is 5.78 Å². The molecule has 2 amide bonds. The van der Waals surface area contributed by atoms with Crippen LogP contribution in [0.15, 0.2) is 30.3 Å². The van der Waals surface area contributed by atoms with Gasteiger partial charge in [-0.3, -0.25) is 14.5 Å². The first-order valence-electron chi connectivity index (χ1n) is 10.1. The molecule has 1 fully saturated rings. The van der Waals surface area contributed by atoms with Crippen LogP contribution < -0.4 is 5.32 Å². The van der Waals surface area contributed by atoms with Crippen LogP contribution in [0.4, 0.5) is 5.69 Å². The number of hydrogen-bond acceptors (Lipinski definition) is 6. The molecule has 3 aromatic rings. The van der Waals surface area contributed by atoms with Gasteiger partial charge in [0, 0.05) is 37.6 Å². The number of nitrogens with zero attached hydrogens (tertiary/aromatic N) is 6. The van der Waals surface area contributed by atoms with Gasteiger partial charge in [0.05, 0.1) is 23.7 Å². The number of para-hydroxylation sites is 1. The summed E-state index contributed by atoms with van der Waals surface area (Å²) in [6.45, 7) is 6.46. The van der Waals surface area contributed by atoms with E-state index in [2.05, 4.69) is 20.4 Å². The Balaban J connectivity index is 1.28. The quantitative estimate of drug-likeness (QED) is 0.647. The molecule has 0 aliphatic carbocycles. The highest BCUT2D eigenvalue weighted by molar-refractivity contribution is 6.33. The number of hydrogen-bond donors (Lipinski definition) is 1. The smallest absolute Gasteiger partial charge is 0.252 e. The number of anilines is 1. The molecule has 9 nitrogen and oxygen atoms in total. The monoisotopic (exact) mass is 441 g/mol. The molecule has 3 heterocycles. The second kappa shape index (κ2) is 8.99. The first-order chi connectivity index (χ1) is 14.9. The fourth-order valence-corrected chi connectivity index (χ4v) is 3.82. The second-order valence-electron chi connectivity index (χ2n) is 7.64. The van der Waals surface area contributed by atoms with Crippen LogP contribution in [0.3, 0.4) is 0 Å². The number of rotatable bonds is 5. The number of benzene rings is 1. The van der Waals surface area contributed by atoms with Crippen molar-refractivity contribution < 1.29 is 9.59 Å². The average Bonchev–Trinajstić information content (AvgIpc) is 3.13. The highest BCUT2D eigenvalue weighted by Crippen LogP contribution is 2.20. The lowest BCUT2D eigenvalue weighted by Gasteiger charge is -2.34. The molecular formula is C21H24ClN7O2. The van der Waals surface area contributed by atoms with E-state index in [1.165, 1.54) is 0 Å². The zero-order valence-electron chi connectivity index (χ0n) is 17.5. The SMILES string of the molecule is Cc1cc(C)n2nc(CC(=O)N3CCN(CC(=O)Nc4ccccc4Cl)CC3)nc2n1. The Hall–Kier alpha value is -3.04. The summed E-state index contributed by atoms with van der Waals surface area (Å²) in [5.74, 6) is 0.827. The molecule has 1 aromatic carbocycles. The lowest BCUT2D eigenvalue weighted by atomic mass is 10.2. The number of piperazine rings is 1. The number of carbonyl (C=O) groups is 2. The molecule has 2 aromatic heterocycles. The van der Waals surface area contributed by atoms with Crippen molar-refractivity contribution in [3.05, 3.63) is 52.6 Å². The molecular weight excluding hydrogens is 418 g/mol. The number of nitrogens with one attached hydrogen (secondary N) is 1. The molecule has 1 N–H and O–H groups in total. The van der Waals surface area contributed by atoms with Crippen molar-refractivity contribution in [2.24, 2.45) is 0 Å². The minimum absolute atomic E-state index is 0.0227. The van der Waals surface area contributed by atoms with Gasteiger partial charge in [-0.1, -0.05) is 23.7 Å². The van der Waals surface area contributed by atoms with Crippen LogP contribution in [0, 0.1) is 13.8 Å². The van der Waals surface area contributed by atoms with Crippen molar-refractivity contribution in [2.45, 2.75) is 20.3 Å². The van der Waals surface area contributed by atoms with E-state index in [4.69, 9.17) is 11.6 Å². The molecule has 0 bridgehead atoms. The van der Waals surface area contributed by atoms with E-state index in [1.54, 1.807) is 21.5 Å². The van der Waals surface area contributed by atoms with Crippen LogP contribution in [0.25, 0.3) is 5.78 Å². The highest BCUT2D eigenvalue weighted by atomic mass is 35.5. The first-order valence-corrected chi connectivity index (χ1v) is 10.5. The van der Waals surface area contributed by atoms with Gasteiger partial charge in [-0.15, -0.1) is 5.10 Å². The molecule has 0 unspecified atom stereocenters. The third-order valence-electron chi connectivity index (χ3n) is 5.21. The molecule has 162 valence electrons. The molecule has 0 saturated carbocycles. The Morgan fingerprint density at radius 1 is 1.10 bits per heavy atom. The van der Waals surface area contributed by atoms with Crippen molar-refractivity contribution in [3.63, 3.8) is 0 Å². The third kappa shape index (κ3) is 5.00. The summed E-state index contributed by atoms with van der Waals surface area (Å²) in [6.07, 6.45) is 0.134. The van der Waals surface area contributed by atoms with Gasteiger partial charge in [-0.25, -0.2) is 9.50 Å². The number of aromatic nitrogens is 4. The Kier molecular flexibility index (Phi) is 6.15. The zero-order valence-corrected chi connectivity index (χ0v) is 18.3. The van der Waals surface area contributed by atoms with Crippen molar-refractivity contribution in [2.75, 3.05) is 38.0 Å². The fourth-order valence-electron chi connectivity index (χ4n) is 3.64. The van der Waals surface area contributed by atoms with Crippen molar-refractivity contribution in [1.82, 2.24) is 29.4 Å². The topological polar surface area (TPSA) is 95.7 Å². The average molecular weight is 442 g/mol. The third-order valence-corrected chi connectivity index (χ3v) is 5.54. The summed E-state index contributed by atoms with van der Waals surface area (Å²) in [6, 6.07) is 9.06. The molecule has 10 heteroatoms. The maximum absolute atomic E-state index is 12.7. The lowest BCUT2D eigenvalue weighted by Crippen LogP contribution is -2.50. The van der Waals surface area contributed by atoms with Crippen LogP contribution in [-0.4, -0.2) is 73.9 Å². The second-order valence-corrected chi connectivity index (χ2v) is 8.05. The summed E-state index contributed by atoms with van der Waals surface area (Å²) in [5, 5.41) is 7.75. The molecule has 0 radical (unpaired) electrons. The van der Waals surface area contributed by atoms with E-state index in [1.807, 2.05) is 36.9 Å². The Labute approximate surface area is 185 Å². The molecule has 0 spiro atoms. The summed E-state index contributed by atoms with van der Waals surface area (Å²) >= 11 is 6.09. The Morgan fingerprint density at radius 3 is 2.58 bits per heavy atom. The van der Waals surface area contributed by atoms with E-state index in [9.17, 15) is 9.59 Å². The van der Waals surface area contributed by atoms with Crippen molar-refractivity contribution in [1.29, 1.82) is 0 Å². The van der Waals surface area contributed by atoms with Crippen molar-refractivity contribution >= 4 is 34.9 Å². The number of carbonyl (C=O) groups excluding carboxylic acids is 2. The first kappa shape index (κ1) is 21.2. The highest BCUT2D eigenvalue weighted by Gasteiger charge is 2.24. The Morgan fingerprint density at radius 2 is 1.84 bits per heavy atom. The molecule has 1 aliphatic rings. The number of fused-ring (bicyclic) bond motifs is 1. The fraction of sp³-hybridized carbons (Fsp3) is 0.381. The molecule has 31 heavy (non-hydrogen) atoms. The summed E-state index contributed by atoms with van der Waals surface area (Å²) in [5.41, 5.74) is 2.39. The van der Waals surface area contributed by atoms with Gasteiger partial charge in [0.1, 0.15) is 0 Å². The summed E-state index contributed by atoms with van der Waals surface area (Å²) in [7, 11) is 0. The minimum atomic E-state index is -0.125. The standard InChI is InChI=1S/C21H24ClN7O2/c1-14-11-15(2)29-21(23-14)25-18(26-29)12-20(31)28-9-7-27(8-10-28)13-19(30)24-17-6-4-3-5-16(17)22/h3-6,11H,7-10,12-13H2,1-2H3,(H,24,30). The zero-order chi connectivity index (χ0) is 22.0. The molecule has 4 rings (SSSR count). The number of aryl methyl sites for hydroxylation is 2. The molecule has 1 saturated heterocycles. The predicted molar refractivity (Wildman–Crippen MR) is 117 cm³/mol. The van der Waals surface area contributed by atoms with E-state index < -0.39 is 0 Å². The predicted octanol–water partition coefficient (Wildman–Crippen LogP) is 1.72. The van der Waals surface area contributed by atoms with Gasteiger partial charge in [-0.05, 0) is 32.0 Å². The molecule has 0 atom stereocenters. The summed E-state index contributed by atoms with van der Waals surface area (Å²) < 4.78 is 1.66.